The Morgan fingerprint density at radius 2 is 0.912 bits per heavy atom. The fourth-order valence-corrected chi connectivity index (χ4v) is 13.5. The molecule has 2 fully saturated rings. The van der Waals surface area contributed by atoms with Crippen molar-refractivity contribution in [1.82, 2.24) is 72.9 Å². The van der Waals surface area contributed by atoms with Gasteiger partial charge in [-0.1, -0.05) is 82.3 Å². The minimum Gasteiger partial charge on any atom is -0.508 e. The lowest BCUT2D eigenvalue weighted by Crippen LogP contribution is -2.61. The minimum absolute atomic E-state index is 0.00742. The van der Waals surface area contributed by atoms with Gasteiger partial charge in [0, 0.05) is 50.7 Å². The first-order valence-corrected chi connectivity index (χ1v) is 39.1. The predicted molar refractivity (Wildman–Crippen MR) is 412 cm³/mol. The number of aromatic amines is 1. The molecule has 13 atom stereocenters. The summed E-state index contributed by atoms with van der Waals surface area (Å²) in [7, 11) is 0. The Hall–Kier alpha value is -10.8. The summed E-state index contributed by atoms with van der Waals surface area (Å²) in [6.07, 6.45) is 3.84. The van der Waals surface area contributed by atoms with E-state index in [4.69, 9.17) is 11.5 Å². The van der Waals surface area contributed by atoms with E-state index in [0.717, 1.165) is 4.90 Å². The number of rotatable bonds is 46. The van der Waals surface area contributed by atoms with Crippen LogP contribution in [0.5, 0.6) is 11.5 Å². The van der Waals surface area contributed by atoms with Crippen molar-refractivity contribution in [1.29, 1.82) is 0 Å². The van der Waals surface area contributed by atoms with Crippen molar-refractivity contribution in [2.75, 3.05) is 44.9 Å². The lowest BCUT2D eigenvalue weighted by Gasteiger charge is -2.31. The van der Waals surface area contributed by atoms with Gasteiger partial charge >= 0.3 is 11.9 Å². The van der Waals surface area contributed by atoms with Crippen molar-refractivity contribution in [3.05, 3.63) is 114 Å². The summed E-state index contributed by atoms with van der Waals surface area (Å²) in [4.78, 5) is 206. The molecule has 3 heterocycles. The molecule has 1 aromatic heterocycles. The van der Waals surface area contributed by atoms with Gasteiger partial charge in [-0.25, -0.2) is 9.78 Å². The molecule has 3 aromatic carbocycles. The number of hydrogen-bond acceptors (Lipinski definition) is 22. The largest absolute Gasteiger partial charge is 0.508 e. The Morgan fingerprint density at radius 3 is 1.38 bits per heavy atom. The van der Waals surface area contributed by atoms with Gasteiger partial charge in [0.1, 0.15) is 90.0 Å². The number of aromatic hydroxyl groups is 2. The number of hydrogen-bond donors (Lipinski definition) is 19. The first-order valence-electron chi connectivity index (χ1n) is 37.7. The summed E-state index contributed by atoms with van der Waals surface area (Å²) in [5.74, 6) is -14.3. The highest BCUT2D eigenvalue weighted by Gasteiger charge is 2.44. The topological polar surface area (TPSA) is 568 Å². The number of likely N-dealkylation sites (tertiary alicyclic amines) is 2. The third kappa shape index (κ3) is 29.1. The Balaban J connectivity index is 1.21. The number of imidazole rings is 1. The molecule has 113 heavy (non-hydrogen) atoms. The molecule has 2 aliphatic rings. The number of amides is 12. The molecule has 4 aromatic rings. The van der Waals surface area contributed by atoms with Crippen molar-refractivity contribution in [2.24, 2.45) is 23.3 Å². The number of aliphatic hydroxyl groups is 2. The van der Waals surface area contributed by atoms with Crippen molar-refractivity contribution >= 4 is 94.6 Å². The highest BCUT2D eigenvalue weighted by Crippen LogP contribution is 2.24. The number of thioether (sulfide) groups is 1. The second-order valence-corrected chi connectivity index (χ2v) is 29.9. The summed E-state index contributed by atoms with van der Waals surface area (Å²) >= 11 is 1.34. The van der Waals surface area contributed by atoms with Crippen LogP contribution in [-0.4, -0.2) is 257 Å². The maximum atomic E-state index is 15.0. The van der Waals surface area contributed by atoms with E-state index in [1.165, 1.54) is 77.7 Å². The SMILES string of the molecule is CSCC[C@H](NC(=O)[C@H](CO)NC(=O)[C@@H]1CCCN1C(=O)[C@H](Cc1cnc[nH]1)NC(=O)[C@H](Cc1ccc(O)cc1)NC(=O)[C@H](CC(C)C)NC(=O)[C@@H]1CCCN1C(=O)[C@H](CC(=O)O)NC(=O)[C@H](Cc1ccc(O)cc1)NC(=O)[C@H](CC(C)C)NC(=O)[C@H](CCCCN)NC(=O)[C@@H](N)CO)C(=O)N[C@@H](Cc1ccccc1)C(=O)O. The molecule has 36 nitrogen and oxygen atoms in total. The van der Waals surface area contributed by atoms with E-state index in [0.29, 0.717) is 41.0 Å². The Bertz CT molecular complexity index is 3860. The molecule has 6 rings (SSSR count). The third-order valence-electron chi connectivity index (χ3n) is 19.0. The number of nitrogens with two attached hydrogens (primary N) is 2. The number of aliphatic carboxylic acids is 2. The number of nitrogens with one attached hydrogen (secondary N) is 11. The van der Waals surface area contributed by atoms with Crippen LogP contribution in [0.15, 0.2) is 91.4 Å². The predicted octanol–water partition coefficient (Wildman–Crippen LogP) is -2.23. The van der Waals surface area contributed by atoms with Gasteiger partial charge in [0.05, 0.1) is 26.0 Å². The van der Waals surface area contributed by atoms with E-state index in [1.807, 2.05) is 0 Å². The monoisotopic (exact) mass is 1600 g/mol. The number of aromatic nitrogens is 2. The van der Waals surface area contributed by atoms with Gasteiger partial charge in [-0.2, -0.15) is 11.8 Å². The summed E-state index contributed by atoms with van der Waals surface area (Å²) in [5, 5.41) is 86.6. The molecule has 0 bridgehead atoms. The maximum Gasteiger partial charge on any atom is 0.326 e. The van der Waals surface area contributed by atoms with Crippen LogP contribution in [0.4, 0.5) is 0 Å². The molecule has 21 N–H and O–H groups in total. The van der Waals surface area contributed by atoms with Crippen LogP contribution < -0.4 is 64.6 Å². The first kappa shape index (κ1) is 91.1. The number of H-pyrrole nitrogens is 1. The van der Waals surface area contributed by atoms with Crippen molar-refractivity contribution in [3.8, 4) is 11.5 Å². The minimum atomic E-state index is -1.89. The number of carboxylic acids is 2. The molecule has 12 amide bonds. The van der Waals surface area contributed by atoms with Crippen LogP contribution in [0.3, 0.4) is 0 Å². The second kappa shape index (κ2) is 45.7. The number of unbranched alkanes of at least 4 members (excludes halogenated alkanes) is 1. The van der Waals surface area contributed by atoms with E-state index >= 15 is 9.59 Å². The number of carbonyl (C=O) groups excluding carboxylic acids is 12. The van der Waals surface area contributed by atoms with Gasteiger partial charge in [0.25, 0.3) is 0 Å². The fraction of sp³-hybridized carbons (Fsp3) is 0.539. The van der Waals surface area contributed by atoms with Crippen molar-refractivity contribution < 1.29 is 97.8 Å². The molecule has 0 aliphatic carbocycles. The molecule has 2 aliphatic heterocycles. The zero-order chi connectivity index (χ0) is 83.0. The fourth-order valence-electron chi connectivity index (χ4n) is 13.1. The van der Waals surface area contributed by atoms with Gasteiger partial charge in [-0.15, -0.1) is 0 Å². The molecular formula is C76H108N16O20S. The molecule has 0 radical (unpaired) electrons. The molecule has 2 saturated heterocycles. The van der Waals surface area contributed by atoms with Crippen LogP contribution in [-0.2, 0) is 92.8 Å². The van der Waals surface area contributed by atoms with Gasteiger partial charge in [0.15, 0.2) is 0 Å². The molecule has 618 valence electrons. The second-order valence-electron chi connectivity index (χ2n) is 28.9. The number of phenols is 2. The third-order valence-corrected chi connectivity index (χ3v) is 19.7. The Morgan fingerprint density at radius 1 is 0.496 bits per heavy atom. The first-order chi connectivity index (χ1) is 53.8. The molecule has 37 heteroatoms. The summed E-state index contributed by atoms with van der Waals surface area (Å²) in [5.41, 5.74) is 13.2. The molecular weight excluding hydrogens is 1490 g/mol. The highest BCUT2D eigenvalue weighted by atomic mass is 32.2. The number of carbonyl (C=O) groups is 14. The van der Waals surface area contributed by atoms with Gasteiger partial charge < -0.3 is 110 Å². The van der Waals surface area contributed by atoms with Gasteiger partial charge in [-0.3, -0.25) is 62.3 Å². The van der Waals surface area contributed by atoms with E-state index in [9.17, 15) is 88.2 Å². The molecule has 0 spiro atoms. The van der Waals surface area contributed by atoms with E-state index in [2.05, 4.69) is 63.1 Å². The summed E-state index contributed by atoms with van der Waals surface area (Å²) in [6.45, 7) is 5.39. The standard InChI is InChI=1S/C76H108N16O20S/c1-42(2)31-53(83-65(100)51(15-9-10-27-77)81-64(99)50(78)39-93)67(102)84-56(34-46-20-24-49(96)25-21-46)70(105)88-58(37-63(97)98)75(110)92-29-11-16-61(92)72(107)86-54(32-43(3)4)68(103)85-55(33-45-18-22-48(95)23-19-45)69(104)87-57(36-47-38-79-41-80-47)74(109)91-28-12-17-62(91)73(108)90-60(40-94)71(106)82-52(26-30-113-5)66(101)89-59(76(111)112)35-44-13-7-6-8-14-44/h6-8,13-14,18-25,38,41-43,50-62,93-96H,9-12,15-17,26-37,39-40,77-78H2,1-5H3,(H,79,80)(H,81,99)(H,82,106)(H,83,100)(H,84,102)(H,85,103)(H,86,107)(H,87,104)(H,88,105)(H,89,101)(H,90,108)(H,97,98)(H,111,112)/t50-,51-,52-,53-,54-,55-,56-,57-,58-,59-,60-,61-,62-/m0/s1. The maximum absolute atomic E-state index is 15.0. The average molecular weight is 1600 g/mol. The smallest absolute Gasteiger partial charge is 0.326 e. The van der Waals surface area contributed by atoms with Crippen LogP contribution in [0.25, 0.3) is 0 Å². The van der Waals surface area contributed by atoms with Crippen LogP contribution in [0.2, 0.25) is 0 Å². The zero-order valence-corrected chi connectivity index (χ0v) is 64.8. The average Bonchev–Trinajstić information content (AvgIpc) is 1.73. The van der Waals surface area contributed by atoms with Crippen LogP contribution in [0.1, 0.15) is 121 Å². The normalized spacial score (nSPS) is 16.9. The summed E-state index contributed by atoms with van der Waals surface area (Å²) in [6, 6.07) is 0.669. The van der Waals surface area contributed by atoms with E-state index in [1.54, 1.807) is 64.3 Å². The number of phenolic OH excluding ortho intramolecular Hbond substituents is 2. The van der Waals surface area contributed by atoms with Gasteiger partial charge in [0.2, 0.25) is 70.9 Å². The van der Waals surface area contributed by atoms with Crippen LogP contribution >= 0.6 is 11.8 Å². The van der Waals surface area contributed by atoms with Crippen molar-refractivity contribution in [3.63, 3.8) is 0 Å². The number of aliphatic hydroxyl groups excluding tert-OH is 2. The Kier molecular flexibility index (Phi) is 36.8. The number of benzene rings is 3. The molecule has 0 saturated carbocycles. The lowest BCUT2D eigenvalue weighted by atomic mass is 9.99. The lowest BCUT2D eigenvalue weighted by molar-refractivity contribution is -0.146. The number of carboxylic acid groups (broad SMARTS) is 2. The van der Waals surface area contributed by atoms with Gasteiger partial charge in [-0.05, 0) is 136 Å². The Labute approximate surface area is 658 Å². The number of nitrogens with zero attached hydrogens (tertiary/aromatic N) is 3. The van der Waals surface area contributed by atoms with E-state index < -0.39 is 181 Å². The molecule has 0 unspecified atom stereocenters. The zero-order valence-electron chi connectivity index (χ0n) is 64.0. The van der Waals surface area contributed by atoms with E-state index in [-0.39, 0.29) is 120 Å². The quantitative estimate of drug-likeness (QED) is 0.0208. The summed E-state index contributed by atoms with van der Waals surface area (Å²) < 4.78 is 0. The van der Waals surface area contributed by atoms with Crippen molar-refractivity contribution in [2.45, 2.75) is 203 Å². The highest BCUT2D eigenvalue weighted by molar-refractivity contribution is 7.98. The van der Waals surface area contributed by atoms with Crippen LogP contribution in [0, 0.1) is 11.8 Å².